The van der Waals surface area contributed by atoms with Crippen LogP contribution >= 0.6 is 0 Å². The first kappa shape index (κ1) is 14.3. The van der Waals surface area contributed by atoms with Crippen LogP contribution in [0.15, 0.2) is 0 Å². The fraction of sp³-hybridized carbons (Fsp3) is 1.00. The Morgan fingerprint density at radius 2 is 2.00 bits per heavy atom. The van der Waals surface area contributed by atoms with Gasteiger partial charge in [0.25, 0.3) is 0 Å². The Hall–Kier alpha value is -0.120. The first-order chi connectivity index (χ1) is 8.54. The van der Waals surface area contributed by atoms with Crippen LogP contribution in [0, 0.1) is 5.41 Å². The summed E-state index contributed by atoms with van der Waals surface area (Å²) >= 11 is 0. The zero-order valence-electron chi connectivity index (χ0n) is 12.4. The molecule has 2 N–H and O–H groups in total. The molecule has 1 aliphatic heterocycles. The van der Waals surface area contributed by atoms with Gasteiger partial charge in [-0.05, 0) is 37.6 Å². The van der Waals surface area contributed by atoms with Crippen molar-refractivity contribution >= 4 is 0 Å². The van der Waals surface area contributed by atoms with Gasteiger partial charge in [-0.3, -0.25) is 4.90 Å². The van der Waals surface area contributed by atoms with Gasteiger partial charge in [-0.15, -0.1) is 0 Å². The van der Waals surface area contributed by atoms with Gasteiger partial charge in [-0.1, -0.05) is 26.7 Å². The molecule has 3 heteroatoms. The van der Waals surface area contributed by atoms with E-state index in [1.54, 1.807) is 0 Å². The first-order valence-electron chi connectivity index (χ1n) is 7.52. The molecule has 0 spiro atoms. The predicted octanol–water partition coefficient (Wildman–Crippen LogP) is 2.39. The Bertz CT molecular complexity index is 280. The second-order valence-corrected chi connectivity index (χ2v) is 6.97. The van der Waals surface area contributed by atoms with E-state index in [2.05, 4.69) is 18.7 Å². The molecule has 0 radical (unpaired) electrons. The van der Waals surface area contributed by atoms with E-state index < -0.39 is 0 Å². The van der Waals surface area contributed by atoms with E-state index in [4.69, 9.17) is 10.5 Å². The average Bonchev–Trinajstić information content (AvgIpc) is 2.37. The number of hydrogen-bond donors (Lipinski definition) is 1. The maximum atomic E-state index is 6.20. The third-order valence-corrected chi connectivity index (χ3v) is 5.09. The summed E-state index contributed by atoms with van der Waals surface area (Å²) in [6.07, 6.45) is 7.92. The molecule has 1 heterocycles. The normalized spacial score (nSPS) is 37.7. The molecule has 1 aliphatic carbocycles. The molecule has 0 aromatic rings. The van der Waals surface area contributed by atoms with Gasteiger partial charge in [-0.2, -0.15) is 0 Å². The zero-order chi connectivity index (χ0) is 13.2. The molecule has 0 aromatic carbocycles. The lowest BCUT2D eigenvalue weighted by molar-refractivity contribution is -0.0967. The Labute approximate surface area is 112 Å². The number of nitrogens with zero attached hydrogens (tertiary/aromatic N) is 1. The minimum absolute atomic E-state index is 0.102. The van der Waals surface area contributed by atoms with Crippen molar-refractivity contribution in [1.82, 2.24) is 4.90 Å². The SMILES string of the molecule is COC1CCCCC1(CN)N1CCCC(C)(C)C1. The standard InChI is InChI=1S/C15H30N2O/c1-14(2)8-6-10-17(12-14)15(11-16)9-5-4-7-13(15)18-3/h13H,4-12,16H2,1-3H3. The number of nitrogens with two attached hydrogens (primary N) is 1. The molecule has 2 atom stereocenters. The van der Waals surface area contributed by atoms with E-state index in [1.807, 2.05) is 7.11 Å². The van der Waals surface area contributed by atoms with Crippen molar-refractivity contribution < 1.29 is 4.74 Å². The topological polar surface area (TPSA) is 38.5 Å². The fourth-order valence-corrected chi connectivity index (χ4v) is 4.06. The van der Waals surface area contributed by atoms with E-state index in [-0.39, 0.29) is 5.54 Å². The third-order valence-electron chi connectivity index (χ3n) is 5.09. The highest BCUT2D eigenvalue weighted by Gasteiger charge is 2.47. The van der Waals surface area contributed by atoms with Crippen molar-refractivity contribution in [1.29, 1.82) is 0 Å². The van der Waals surface area contributed by atoms with Crippen molar-refractivity contribution in [2.24, 2.45) is 11.1 Å². The van der Waals surface area contributed by atoms with E-state index in [9.17, 15) is 0 Å². The molecule has 3 nitrogen and oxygen atoms in total. The van der Waals surface area contributed by atoms with Crippen molar-refractivity contribution in [2.75, 3.05) is 26.7 Å². The summed E-state index contributed by atoms with van der Waals surface area (Å²) in [4.78, 5) is 2.66. The summed E-state index contributed by atoms with van der Waals surface area (Å²) in [7, 11) is 1.86. The van der Waals surface area contributed by atoms with Gasteiger partial charge in [0.05, 0.1) is 11.6 Å². The summed E-state index contributed by atoms with van der Waals surface area (Å²) in [5.41, 5.74) is 6.73. The zero-order valence-corrected chi connectivity index (χ0v) is 12.4. The van der Waals surface area contributed by atoms with Gasteiger partial charge >= 0.3 is 0 Å². The predicted molar refractivity (Wildman–Crippen MR) is 75.6 cm³/mol. The number of rotatable bonds is 3. The van der Waals surface area contributed by atoms with E-state index in [1.165, 1.54) is 51.6 Å². The highest BCUT2D eigenvalue weighted by molar-refractivity contribution is 5.03. The van der Waals surface area contributed by atoms with Crippen LogP contribution in [-0.4, -0.2) is 43.3 Å². The number of likely N-dealkylation sites (tertiary alicyclic amines) is 1. The van der Waals surface area contributed by atoms with Crippen LogP contribution in [0.5, 0.6) is 0 Å². The average molecular weight is 254 g/mol. The monoisotopic (exact) mass is 254 g/mol. The van der Waals surface area contributed by atoms with Gasteiger partial charge in [0.15, 0.2) is 0 Å². The van der Waals surface area contributed by atoms with Crippen LogP contribution in [0.3, 0.4) is 0 Å². The van der Waals surface area contributed by atoms with Crippen molar-refractivity contribution in [3.63, 3.8) is 0 Å². The number of hydrogen-bond acceptors (Lipinski definition) is 3. The molecule has 2 rings (SSSR count). The molecule has 2 unspecified atom stereocenters. The number of methoxy groups -OCH3 is 1. The van der Waals surface area contributed by atoms with Crippen molar-refractivity contribution in [3.05, 3.63) is 0 Å². The third kappa shape index (κ3) is 2.59. The molecule has 18 heavy (non-hydrogen) atoms. The summed E-state index contributed by atoms with van der Waals surface area (Å²) in [6.45, 7) is 7.87. The van der Waals surface area contributed by atoms with E-state index in [0.717, 1.165) is 6.54 Å². The Balaban J connectivity index is 2.19. The second-order valence-electron chi connectivity index (χ2n) is 6.97. The minimum atomic E-state index is 0.102. The highest BCUT2D eigenvalue weighted by Crippen LogP contribution is 2.40. The summed E-state index contributed by atoms with van der Waals surface area (Å²) < 4.78 is 5.80. The molecule has 0 bridgehead atoms. The Morgan fingerprint density at radius 1 is 1.22 bits per heavy atom. The van der Waals surface area contributed by atoms with Crippen LogP contribution in [0.25, 0.3) is 0 Å². The smallest absolute Gasteiger partial charge is 0.0767 e. The number of ether oxygens (including phenoxy) is 1. The van der Waals surface area contributed by atoms with Gasteiger partial charge in [-0.25, -0.2) is 0 Å². The van der Waals surface area contributed by atoms with E-state index in [0.29, 0.717) is 11.5 Å². The van der Waals surface area contributed by atoms with Crippen molar-refractivity contribution in [3.8, 4) is 0 Å². The maximum Gasteiger partial charge on any atom is 0.0767 e. The van der Waals surface area contributed by atoms with Gasteiger partial charge in [0.2, 0.25) is 0 Å². The van der Waals surface area contributed by atoms with Crippen LogP contribution in [0.2, 0.25) is 0 Å². The summed E-state index contributed by atoms with van der Waals surface area (Å²) in [5.74, 6) is 0. The lowest BCUT2D eigenvalue weighted by Gasteiger charge is -2.54. The molecule has 2 aliphatic rings. The molecular formula is C15H30N2O. The summed E-state index contributed by atoms with van der Waals surface area (Å²) in [6, 6.07) is 0. The molecular weight excluding hydrogens is 224 g/mol. The largest absolute Gasteiger partial charge is 0.379 e. The molecule has 1 saturated heterocycles. The Morgan fingerprint density at radius 3 is 2.61 bits per heavy atom. The Kier molecular flexibility index (Phi) is 4.35. The lowest BCUT2D eigenvalue weighted by atomic mass is 9.74. The number of piperidine rings is 1. The molecule has 0 aromatic heterocycles. The molecule has 1 saturated carbocycles. The van der Waals surface area contributed by atoms with E-state index >= 15 is 0 Å². The minimum Gasteiger partial charge on any atom is -0.379 e. The second kappa shape index (κ2) is 5.48. The fourth-order valence-electron chi connectivity index (χ4n) is 4.06. The molecule has 0 amide bonds. The van der Waals surface area contributed by atoms with Gasteiger partial charge < -0.3 is 10.5 Å². The van der Waals surface area contributed by atoms with Gasteiger partial charge in [0.1, 0.15) is 0 Å². The highest BCUT2D eigenvalue weighted by atomic mass is 16.5. The van der Waals surface area contributed by atoms with Crippen LogP contribution in [0.4, 0.5) is 0 Å². The lowest BCUT2D eigenvalue weighted by Crippen LogP contribution is -2.65. The molecule has 2 fully saturated rings. The first-order valence-corrected chi connectivity index (χ1v) is 7.52. The molecule has 106 valence electrons. The van der Waals surface area contributed by atoms with Crippen molar-refractivity contribution in [2.45, 2.75) is 64.0 Å². The van der Waals surface area contributed by atoms with Crippen LogP contribution in [0.1, 0.15) is 52.4 Å². The van der Waals surface area contributed by atoms with Crippen LogP contribution in [-0.2, 0) is 4.74 Å². The van der Waals surface area contributed by atoms with Crippen LogP contribution < -0.4 is 5.73 Å². The van der Waals surface area contributed by atoms with Gasteiger partial charge in [0, 0.05) is 20.2 Å². The summed E-state index contributed by atoms with van der Waals surface area (Å²) in [5, 5.41) is 0. The quantitative estimate of drug-likeness (QED) is 0.840. The maximum absolute atomic E-state index is 6.20.